The number of hydrogen-bond donors (Lipinski definition) is 3. The Morgan fingerprint density at radius 3 is 2.68 bits per heavy atom. The minimum atomic E-state index is -0.366. The molecule has 28 heavy (non-hydrogen) atoms. The van der Waals surface area contributed by atoms with Crippen LogP contribution >= 0.6 is 11.6 Å². The first-order valence-corrected chi connectivity index (χ1v) is 9.92. The zero-order chi connectivity index (χ0) is 20.4. The third-order valence-corrected chi connectivity index (χ3v) is 4.96. The van der Waals surface area contributed by atoms with Gasteiger partial charge in [-0.3, -0.25) is 9.59 Å². The number of nitrogens with one attached hydrogen (secondary N) is 2. The number of benzene rings is 1. The Kier molecular flexibility index (Phi) is 9.04. The first-order valence-electron chi connectivity index (χ1n) is 9.55. The zero-order valence-electron chi connectivity index (χ0n) is 16.1. The average molecular weight is 406 g/mol. The van der Waals surface area contributed by atoms with Crippen LogP contribution in [0.25, 0.3) is 0 Å². The van der Waals surface area contributed by atoms with Crippen molar-refractivity contribution in [3.8, 4) is 0 Å². The van der Waals surface area contributed by atoms with E-state index in [0.29, 0.717) is 30.4 Å². The monoisotopic (exact) mass is 405 g/mol. The SMILES string of the molecule is CCC(/C=C(\C=C/N)NC(=O)Cc1ccccc1Cl)C(=O)NC1CCOCC1. The second-order valence-corrected chi connectivity index (χ2v) is 7.11. The van der Waals surface area contributed by atoms with E-state index in [2.05, 4.69) is 10.6 Å². The topological polar surface area (TPSA) is 93.5 Å². The van der Waals surface area contributed by atoms with Gasteiger partial charge in [0.15, 0.2) is 0 Å². The fourth-order valence-corrected chi connectivity index (χ4v) is 3.21. The molecule has 1 heterocycles. The van der Waals surface area contributed by atoms with Gasteiger partial charge in [0, 0.05) is 30.0 Å². The molecule has 4 N–H and O–H groups in total. The maximum atomic E-state index is 12.6. The highest BCUT2D eigenvalue weighted by molar-refractivity contribution is 6.31. The van der Waals surface area contributed by atoms with E-state index in [1.165, 1.54) is 6.20 Å². The van der Waals surface area contributed by atoms with Gasteiger partial charge in [-0.1, -0.05) is 36.7 Å². The van der Waals surface area contributed by atoms with Crippen molar-refractivity contribution in [2.45, 2.75) is 38.6 Å². The fourth-order valence-electron chi connectivity index (χ4n) is 3.01. The molecule has 0 bridgehead atoms. The molecule has 0 aliphatic carbocycles. The molecule has 0 saturated carbocycles. The van der Waals surface area contributed by atoms with Crippen LogP contribution in [0.2, 0.25) is 5.02 Å². The third-order valence-electron chi connectivity index (χ3n) is 4.59. The number of halogens is 1. The molecule has 6 nitrogen and oxygen atoms in total. The van der Waals surface area contributed by atoms with Gasteiger partial charge in [0.05, 0.1) is 12.3 Å². The van der Waals surface area contributed by atoms with Crippen LogP contribution in [0.1, 0.15) is 31.7 Å². The van der Waals surface area contributed by atoms with Crippen LogP contribution in [0.4, 0.5) is 0 Å². The van der Waals surface area contributed by atoms with Crippen LogP contribution in [0.5, 0.6) is 0 Å². The van der Waals surface area contributed by atoms with E-state index in [-0.39, 0.29) is 30.2 Å². The lowest BCUT2D eigenvalue weighted by Gasteiger charge is -2.25. The van der Waals surface area contributed by atoms with Gasteiger partial charge in [0.2, 0.25) is 11.8 Å². The quantitative estimate of drug-likeness (QED) is 0.579. The molecule has 1 unspecified atom stereocenters. The number of ether oxygens (including phenoxy) is 1. The summed E-state index contributed by atoms with van der Waals surface area (Å²) in [6.07, 6.45) is 7.03. The first-order chi connectivity index (χ1) is 13.5. The van der Waals surface area contributed by atoms with Crippen molar-refractivity contribution >= 4 is 23.4 Å². The zero-order valence-corrected chi connectivity index (χ0v) is 16.9. The predicted octanol–water partition coefficient (Wildman–Crippen LogP) is 2.68. The highest BCUT2D eigenvalue weighted by Crippen LogP contribution is 2.16. The van der Waals surface area contributed by atoms with E-state index in [1.54, 1.807) is 24.3 Å². The van der Waals surface area contributed by atoms with Gasteiger partial charge < -0.3 is 21.1 Å². The number of carbonyl (C=O) groups excluding carboxylic acids is 2. The third kappa shape index (κ3) is 7.02. The summed E-state index contributed by atoms with van der Waals surface area (Å²) in [4.78, 5) is 25.0. The summed E-state index contributed by atoms with van der Waals surface area (Å²) < 4.78 is 5.32. The number of rotatable bonds is 8. The number of nitrogens with two attached hydrogens (primary N) is 1. The Morgan fingerprint density at radius 1 is 1.32 bits per heavy atom. The van der Waals surface area contributed by atoms with Crippen molar-refractivity contribution in [3.05, 3.63) is 58.9 Å². The second kappa shape index (κ2) is 11.5. The molecule has 0 radical (unpaired) electrons. The molecule has 1 saturated heterocycles. The van der Waals surface area contributed by atoms with Crippen LogP contribution < -0.4 is 16.4 Å². The molecule has 1 aliphatic rings. The van der Waals surface area contributed by atoms with E-state index in [1.807, 2.05) is 19.1 Å². The summed E-state index contributed by atoms with van der Waals surface area (Å²) >= 11 is 6.12. The molecular weight excluding hydrogens is 378 g/mol. The van der Waals surface area contributed by atoms with Crippen molar-refractivity contribution < 1.29 is 14.3 Å². The molecule has 1 fully saturated rings. The molecular formula is C21H28ClN3O3. The maximum absolute atomic E-state index is 12.6. The van der Waals surface area contributed by atoms with Crippen molar-refractivity contribution in [2.24, 2.45) is 11.7 Å². The van der Waals surface area contributed by atoms with E-state index in [0.717, 1.165) is 18.4 Å². The molecule has 2 rings (SSSR count). The molecule has 152 valence electrons. The van der Waals surface area contributed by atoms with Gasteiger partial charge in [0.25, 0.3) is 0 Å². The summed E-state index contributed by atoms with van der Waals surface area (Å²) in [5, 5.41) is 6.42. The number of amides is 2. The minimum Gasteiger partial charge on any atom is -0.405 e. The molecule has 1 atom stereocenters. The molecule has 0 aromatic heterocycles. The lowest BCUT2D eigenvalue weighted by molar-refractivity contribution is -0.125. The van der Waals surface area contributed by atoms with Crippen molar-refractivity contribution in [1.82, 2.24) is 10.6 Å². The minimum absolute atomic E-state index is 0.0577. The van der Waals surface area contributed by atoms with Gasteiger partial charge in [-0.15, -0.1) is 0 Å². The Balaban J connectivity index is 2.02. The van der Waals surface area contributed by atoms with Crippen LogP contribution in [0, 0.1) is 5.92 Å². The maximum Gasteiger partial charge on any atom is 0.228 e. The number of hydrogen-bond acceptors (Lipinski definition) is 4. The van der Waals surface area contributed by atoms with Gasteiger partial charge in [-0.25, -0.2) is 0 Å². The molecule has 1 aromatic carbocycles. The molecule has 0 spiro atoms. The van der Waals surface area contributed by atoms with Gasteiger partial charge in [-0.2, -0.15) is 0 Å². The van der Waals surface area contributed by atoms with Crippen molar-refractivity contribution in [3.63, 3.8) is 0 Å². The Hall–Kier alpha value is -2.31. The average Bonchev–Trinajstić information content (AvgIpc) is 2.68. The standard InChI is InChI=1S/C21H28ClN3O3/c1-2-15(21(27)25-17-8-11-28-12-9-17)13-18(7-10-23)24-20(26)14-16-5-3-4-6-19(16)22/h3-7,10,13,15,17H,2,8-9,11-12,14,23H2,1H3,(H,24,26)(H,25,27)/b10-7-,18-13+. The Labute approximate surface area is 171 Å². The number of carbonyl (C=O) groups is 2. The Bertz CT molecular complexity index is 727. The van der Waals surface area contributed by atoms with E-state index < -0.39 is 0 Å². The van der Waals surface area contributed by atoms with Crippen LogP contribution in [0.3, 0.4) is 0 Å². The lowest BCUT2D eigenvalue weighted by Crippen LogP contribution is -2.41. The van der Waals surface area contributed by atoms with Gasteiger partial charge in [0.1, 0.15) is 0 Å². The summed E-state index contributed by atoms with van der Waals surface area (Å²) in [7, 11) is 0. The van der Waals surface area contributed by atoms with Gasteiger partial charge in [-0.05, 0) is 49.2 Å². The Morgan fingerprint density at radius 2 is 2.04 bits per heavy atom. The summed E-state index contributed by atoms with van der Waals surface area (Å²) in [6, 6.07) is 7.33. The van der Waals surface area contributed by atoms with Crippen LogP contribution in [-0.2, 0) is 20.7 Å². The van der Waals surface area contributed by atoms with E-state index >= 15 is 0 Å². The molecule has 1 aromatic rings. The van der Waals surface area contributed by atoms with Crippen molar-refractivity contribution in [2.75, 3.05) is 13.2 Å². The fraction of sp³-hybridized carbons (Fsp3) is 0.429. The van der Waals surface area contributed by atoms with Gasteiger partial charge >= 0.3 is 0 Å². The lowest BCUT2D eigenvalue weighted by atomic mass is 10.0. The summed E-state index contributed by atoms with van der Waals surface area (Å²) in [6.45, 7) is 3.26. The summed E-state index contributed by atoms with van der Waals surface area (Å²) in [5.74, 6) is -0.649. The van der Waals surface area contributed by atoms with E-state index in [9.17, 15) is 9.59 Å². The normalized spacial score (nSPS) is 16.7. The van der Waals surface area contributed by atoms with Crippen molar-refractivity contribution in [1.29, 1.82) is 0 Å². The smallest absolute Gasteiger partial charge is 0.228 e. The largest absolute Gasteiger partial charge is 0.405 e. The highest BCUT2D eigenvalue weighted by Gasteiger charge is 2.21. The van der Waals surface area contributed by atoms with E-state index in [4.69, 9.17) is 22.1 Å². The molecule has 7 heteroatoms. The van der Waals surface area contributed by atoms with Crippen LogP contribution in [0.15, 0.2) is 48.3 Å². The first kappa shape index (κ1) is 22.0. The summed E-state index contributed by atoms with van der Waals surface area (Å²) in [5.41, 5.74) is 6.75. The van der Waals surface area contributed by atoms with Crippen LogP contribution in [-0.4, -0.2) is 31.1 Å². The predicted molar refractivity (Wildman–Crippen MR) is 110 cm³/mol. The number of allylic oxidation sites excluding steroid dienone is 1. The molecule has 1 aliphatic heterocycles. The second-order valence-electron chi connectivity index (χ2n) is 6.71. The molecule has 2 amide bonds. The highest BCUT2D eigenvalue weighted by atomic mass is 35.5.